The van der Waals surface area contributed by atoms with Gasteiger partial charge in [0.2, 0.25) is 11.8 Å². The van der Waals surface area contributed by atoms with Gasteiger partial charge in [0.05, 0.1) is 17.8 Å². The van der Waals surface area contributed by atoms with Crippen molar-refractivity contribution in [3.05, 3.63) is 59.3 Å². The van der Waals surface area contributed by atoms with Crippen molar-refractivity contribution < 1.29 is 19.2 Å². The fraction of sp³-hybridized carbons (Fsp3) is 0.541. The third-order valence-electron chi connectivity index (χ3n) is 11.6. The molecule has 4 aliphatic heterocycles. The van der Waals surface area contributed by atoms with E-state index >= 15 is 0 Å². The molecule has 266 valence electrons. The van der Waals surface area contributed by atoms with E-state index in [2.05, 4.69) is 32.2 Å². The van der Waals surface area contributed by atoms with Crippen molar-refractivity contribution in [3.8, 4) is 0 Å². The molecule has 1 spiro atoms. The zero-order valence-electron chi connectivity index (χ0n) is 29.3. The fourth-order valence-electron chi connectivity index (χ4n) is 8.35. The Labute approximate surface area is 293 Å². The lowest BCUT2D eigenvalue weighted by molar-refractivity contribution is -0.136. The highest BCUT2D eigenvalue weighted by Crippen LogP contribution is 2.41. The van der Waals surface area contributed by atoms with Gasteiger partial charge in [0.15, 0.2) is 0 Å². The van der Waals surface area contributed by atoms with Gasteiger partial charge in [0, 0.05) is 69.3 Å². The molecule has 5 heterocycles. The van der Waals surface area contributed by atoms with E-state index in [0.717, 1.165) is 52.5 Å². The van der Waals surface area contributed by atoms with Crippen LogP contribution in [-0.2, 0) is 22.6 Å². The lowest BCUT2D eigenvalue weighted by atomic mass is 9.77. The predicted molar refractivity (Wildman–Crippen MR) is 190 cm³/mol. The Kier molecular flexibility index (Phi) is 9.42. The maximum absolute atomic E-state index is 14.3. The van der Waals surface area contributed by atoms with Crippen LogP contribution in [-0.4, -0.2) is 118 Å². The van der Waals surface area contributed by atoms with E-state index in [0.29, 0.717) is 65.1 Å². The quantitative estimate of drug-likeness (QED) is 0.300. The summed E-state index contributed by atoms with van der Waals surface area (Å²) in [7, 11) is 1.80. The first-order chi connectivity index (χ1) is 24.1. The number of amides is 6. The summed E-state index contributed by atoms with van der Waals surface area (Å²) in [4.78, 5) is 61.4. The Balaban J connectivity index is 1.02. The van der Waals surface area contributed by atoms with E-state index in [1.165, 1.54) is 0 Å². The number of likely N-dealkylation sites (N-methyl/N-ethyl adjacent to an activating group) is 1. The summed E-state index contributed by atoms with van der Waals surface area (Å²) in [5.41, 5.74) is 4.89. The summed E-state index contributed by atoms with van der Waals surface area (Å²) in [5, 5.41) is 17.4. The largest absolute Gasteiger partial charge is 0.341 e. The van der Waals surface area contributed by atoms with Gasteiger partial charge in [0.1, 0.15) is 6.04 Å². The predicted octanol–water partition coefficient (Wildman–Crippen LogP) is 3.45. The molecule has 3 fully saturated rings. The van der Waals surface area contributed by atoms with E-state index in [1.54, 1.807) is 18.1 Å². The highest BCUT2D eigenvalue weighted by atomic mass is 16.2. The summed E-state index contributed by atoms with van der Waals surface area (Å²) < 4.78 is 0. The molecule has 1 aromatic heterocycles. The highest BCUT2D eigenvalue weighted by molar-refractivity contribution is 5.92. The second-order valence-corrected chi connectivity index (χ2v) is 14.7. The van der Waals surface area contributed by atoms with Crippen molar-refractivity contribution in [1.82, 2.24) is 40.4 Å². The highest BCUT2D eigenvalue weighted by Gasteiger charge is 2.44. The number of hydrogen-bond donors (Lipinski definition) is 4. The van der Waals surface area contributed by atoms with Gasteiger partial charge >= 0.3 is 12.1 Å². The van der Waals surface area contributed by atoms with Crippen molar-refractivity contribution >= 4 is 40.5 Å². The van der Waals surface area contributed by atoms with Crippen LogP contribution in [0.3, 0.4) is 0 Å². The van der Waals surface area contributed by atoms with Crippen LogP contribution in [0.5, 0.6) is 0 Å². The molecule has 7 rings (SSSR count). The van der Waals surface area contributed by atoms with Crippen molar-refractivity contribution in [1.29, 1.82) is 0 Å². The number of carbonyl (C=O) groups is 4. The number of likely N-dealkylation sites (tertiary alicyclic amines) is 3. The van der Waals surface area contributed by atoms with E-state index in [1.807, 2.05) is 58.9 Å². The third kappa shape index (κ3) is 6.75. The van der Waals surface area contributed by atoms with Gasteiger partial charge in [-0.05, 0) is 87.2 Å². The number of hydrogen-bond acceptors (Lipinski definition) is 6. The van der Waals surface area contributed by atoms with Crippen LogP contribution in [0.1, 0.15) is 55.7 Å². The standard InChI is InChI=1S/C37H49N9O4/c1-24-18-26(19-28-21-39-42-32(24)28)20-31(34(48)45-17-12-37(23-45)10-15-43(16-11-37)33(47)25(2)38-3)41-35(49)44-13-8-29(9-14-44)46-22-27-6-4-5-7-30(27)40-36(46)50/h4-7,18-19,21,25,29,31,38H,8-17,20,22-23H2,1-3H3,(H,39,42)(H,40,50)(H,41,49)/t25-,31?/m0/s1. The lowest BCUT2D eigenvalue weighted by Crippen LogP contribution is -2.56. The molecule has 0 saturated carbocycles. The van der Waals surface area contributed by atoms with E-state index in [4.69, 9.17) is 0 Å². The number of piperidine rings is 2. The lowest BCUT2D eigenvalue weighted by Gasteiger charge is -2.41. The van der Waals surface area contributed by atoms with Crippen LogP contribution >= 0.6 is 0 Å². The van der Waals surface area contributed by atoms with Crippen LogP contribution in [0.25, 0.3) is 10.9 Å². The number of nitrogens with zero attached hydrogens (tertiary/aromatic N) is 5. The average Bonchev–Trinajstić information content (AvgIpc) is 3.78. The number of H-pyrrole nitrogens is 1. The first-order valence-electron chi connectivity index (χ1n) is 18.0. The molecule has 6 amide bonds. The van der Waals surface area contributed by atoms with Crippen molar-refractivity contribution in [2.45, 2.75) is 77.0 Å². The number of aryl methyl sites for hydroxylation is 1. The molecule has 0 radical (unpaired) electrons. The molecule has 3 aromatic rings. The van der Waals surface area contributed by atoms with Gasteiger partial charge in [-0.3, -0.25) is 14.7 Å². The molecule has 4 aliphatic rings. The molecule has 2 atom stereocenters. The van der Waals surface area contributed by atoms with Crippen molar-refractivity contribution in [2.24, 2.45) is 5.41 Å². The van der Waals surface area contributed by atoms with Crippen molar-refractivity contribution in [2.75, 3.05) is 51.6 Å². The molecule has 1 unspecified atom stereocenters. The Morgan fingerprint density at radius 1 is 0.980 bits per heavy atom. The zero-order valence-corrected chi connectivity index (χ0v) is 29.3. The van der Waals surface area contributed by atoms with Crippen LogP contribution < -0.4 is 16.0 Å². The molecular weight excluding hydrogens is 634 g/mol. The minimum Gasteiger partial charge on any atom is -0.341 e. The molecule has 0 bridgehead atoms. The Bertz CT molecular complexity index is 1760. The second kappa shape index (κ2) is 13.9. The first-order valence-corrected chi connectivity index (χ1v) is 18.0. The number of rotatable bonds is 7. The van der Waals surface area contributed by atoms with Crippen LogP contribution in [0, 0.1) is 12.3 Å². The second-order valence-electron chi connectivity index (χ2n) is 14.7. The number of anilines is 1. The number of para-hydroxylation sites is 1. The average molecular weight is 684 g/mol. The molecule has 0 aliphatic carbocycles. The van der Waals surface area contributed by atoms with E-state index in [-0.39, 0.29) is 41.4 Å². The zero-order chi connectivity index (χ0) is 35.0. The summed E-state index contributed by atoms with van der Waals surface area (Å²) in [6, 6.07) is 10.7. The maximum atomic E-state index is 14.3. The number of fused-ring (bicyclic) bond motifs is 2. The number of benzene rings is 2. The Hall–Kier alpha value is -4.65. The summed E-state index contributed by atoms with van der Waals surface area (Å²) in [6.07, 6.45) is 6.10. The topological polar surface area (TPSA) is 146 Å². The summed E-state index contributed by atoms with van der Waals surface area (Å²) >= 11 is 0. The van der Waals surface area contributed by atoms with E-state index < -0.39 is 6.04 Å². The van der Waals surface area contributed by atoms with Gasteiger partial charge in [-0.25, -0.2) is 9.59 Å². The molecule has 13 heteroatoms. The van der Waals surface area contributed by atoms with Gasteiger partial charge < -0.3 is 35.6 Å². The third-order valence-corrected chi connectivity index (χ3v) is 11.6. The molecule has 3 saturated heterocycles. The minimum atomic E-state index is -0.735. The van der Waals surface area contributed by atoms with Gasteiger partial charge in [0.25, 0.3) is 0 Å². The SMILES string of the molecule is CN[C@@H](C)C(=O)N1CCC2(CCN(C(=O)C(Cc3cc(C)c4[nH]ncc4c3)NC(=O)N3CCC(N4Cc5ccccc5NC4=O)CC3)C2)CC1. The number of nitrogens with one attached hydrogen (secondary N) is 4. The summed E-state index contributed by atoms with van der Waals surface area (Å²) in [5.74, 6) is 0.0514. The van der Waals surface area contributed by atoms with Gasteiger partial charge in [-0.15, -0.1) is 0 Å². The fourth-order valence-corrected chi connectivity index (χ4v) is 8.35. The van der Waals surface area contributed by atoms with Crippen LogP contribution in [0.15, 0.2) is 42.6 Å². The first kappa shape index (κ1) is 33.8. The molecule has 2 aromatic carbocycles. The minimum absolute atomic E-state index is 0.0146. The smallest absolute Gasteiger partial charge is 0.322 e. The monoisotopic (exact) mass is 683 g/mol. The Morgan fingerprint density at radius 3 is 2.44 bits per heavy atom. The number of aromatic amines is 1. The molecular formula is C37H49N9O4. The Morgan fingerprint density at radius 2 is 1.70 bits per heavy atom. The maximum Gasteiger partial charge on any atom is 0.322 e. The molecule has 50 heavy (non-hydrogen) atoms. The van der Waals surface area contributed by atoms with E-state index in [9.17, 15) is 19.2 Å². The van der Waals surface area contributed by atoms with Gasteiger partial charge in [-0.2, -0.15) is 5.10 Å². The number of urea groups is 2. The van der Waals surface area contributed by atoms with Gasteiger partial charge in [-0.1, -0.05) is 24.3 Å². The number of carbonyl (C=O) groups excluding carboxylic acids is 4. The molecule has 4 N–H and O–H groups in total. The number of aromatic nitrogens is 2. The normalized spacial score (nSPS) is 20.5. The van der Waals surface area contributed by atoms with Crippen LogP contribution in [0.2, 0.25) is 0 Å². The summed E-state index contributed by atoms with van der Waals surface area (Å²) in [6.45, 7) is 8.11. The van der Waals surface area contributed by atoms with Crippen LogP contribution in [0.4, 0.5) is 15.3 Å². The van der Waals surface area contributed by atoms with Crippen molar-refractivity contribution in [3.63, 3.8) is 0 Å². The molecule has 13 nitrogen and oxygen atoms in total.